The molecule has 0 aromatic carbocycles. The maximum absolute atomic E-state index is 12.2. The second-order valence-corrected chi connectivity index (χ2v) is 6.23. The molecule has 22 heavy (non-hydrogen) atoms. The van der Waals surface area contributed by atoms with Gasteiger partial charge in [-0.3, -0.25) is 14.4 Å². The summed E-state index contributed by atoms with van der Waals surface area (Å²) in [6, 6.07) is 3.43. The highest BCUT2D eigenvalue weighted by atomic mass is 32.1. The molecule has 6 nitrogen and oxygen atoms in total. The Morgan fingerprint density at radius 2 is 2.09 bits per heavy atom. The van der Waals surface area contributed by atoms with Gasteiger partial charge in [0, 0.05) is 26.7 Å². The summed E-state index contributed by atoms with van der Waals surface area (Å²) in [6.45, 7) is 1.76. The van der Waals surface area contributed by atoms with Gasteiger partial charge in [0.1, 0.15) is 6.61 Å². The molecular weight excluding hydrogens is 304 g/mol. The third-order valence-corrected chi connectivity index (χ3v) is 4.57. The highest BCUT2D eigenvalue weighted by molar-refractivity contribution is 7.12. The summed E-state index contributed by atoms with van der Waals surface area (Å²) < 4.78 is 4.75. The van der Waals surface area contributed by atoms with Crippen molar-refractivity contribution in [2.24, 2.45) is 5.92 Å². The third kappa shape index (κ3) is 4.38. The van der Waals surface area contributed by atoms with Crippen molar-refractivity contribution < 1.29 is 19.1 Å². The lowest BCUT2D eigenvalue weighted by Crippen LogP contribution is -2.44. The van der Waals surface area contributed by atoms with Gasteiger partial charge < -0.3 is 15.0 Å². The Bertz CT molecular complexity index is 522. The number of ketones is 1. The molecule has 1 aromatic heterocycles. The summed E-state index contributed by atoms with van der Waals surface area (Å²) in [5.41, 5.74) is 0. The van der Waals surface area contributed by atoms with E-state index < -0.39 is 11.7 Å². The Hall–Kier alpha value is -1.73. The van der Waals surface area contributed by atoms with Crippen molar-refractivity contribution in [2.45, 2.75) is 12.8 Å². The molecule has 0 atom stereocenters. The predicted molar refractivity (Wildman–Crippen MR) is 82.8 cm³/mol. The molecular formula is C15H20N2O4S. The smallest absolute Gasteiger partial charge is 0.295 e. The fourth-order valence-corrected chi connectivity index (χ4v) is 3.09. The van der Waals surface area contributed by atoms with Crippen molar-refractivity contribution >= 4 is 28.9 Å². The molecule has 0 unspecified atom stereocenters. The molecule has 1 saturated heterocycles. The van der Waals surface area contributed by atoms with Crippen molar-refractivity contribution in [3.05, 3.63) is 22.4 Å². The van der Waals surface area contributed by atoms with Gasteiger partial charge in [0.15, 0.2) is 0 Å². The van der Waals surface area contributed by atoms with Crippen molar-refractivity contribution in [2.75, 3.05) is 33.4 Å². The van der Waals surface area contributed by atoms with Crippen LogP contribution in [0.15, 0.2) is 17.5 Å². The molecule has 0 bridgehead atoms. The number of ether oxygens (including phenoxy) is 1. The van der Waals surface area contributed by atoms with Gasteiger partial charge in [-0.2, -0.15) is 0 Å². The second kappa shape index (κ2) is 8.05. The zero-order valence-corrected chi connectivity index (χ0v) is 13.4. The predicted octanol–water partition coefficient (Wildman–Crippen LogP) is 0.932. The number of Topliss-reactive ketones (excluding diaryl/α,β-unsaturated/α-hetero) is 1. The highest BCUT2D eigenvalue weighted by Gasteiger charge is 2.28. The van der Waals surface area contributed by atoms with Gasteiger partial charge in [0.05, 0.1) is 4.88 Å². The minimum atomic E-state index is -0.429. The van der Waals surface area contributed by atoms with E-state index in [1.165, 1.54) is 18.4 Å². The van der Waals surface area contributed by atoms with Crippen LogP contribution in [0.4, 0.5) is 0 Å². The minimum absolute atomic E-state index is 0.0621. The Kier molecular flexibility index (Phi) is 6.09. The van der Waals surface area contributed by atoms with Crippen LogP contribution in [0, 0.1) is 5.92 Å². The van der Waals surface area contributed by atoms with E-state index in [1.54, 1.807) is 22.4 Å². The van der Waals surface area contributed by atoms with Crippen LogP contribution in [-0.4, -0.2) is 55.8 Å². The van der Waals surface area contributed by atoms with Gasteiger partial charge in [-0.1, -0.05) is 6.07 Å². The molecule has 0 spiro atoms. The van der Waals surface area contributed by atoms with Gasteiger partial charge in [-0.05, 0) is 30.2 Å². The summed E-state index contributed by atoms with van der Waals surface area (Å²) in [7, 11) is 1.48. The molecule has 0 aliphatic carbocycles. The number of methoxy groups -OCH3 is 1. The number of rotatable bonds is 6. The van der Waals surface area contributed by atoms with Gasteiger partial charge >= 0.3 is 0 Å². The van der Waals surface area contributed by atoms with Gasteiger partial charge in [-0.25, -0.2) is 0 Å². The van der Waals surface area contributed by atoms with Crippen LogP contribution < -0.4 is 5.32 Å². The van der Waals surface area contributed by atoms with Crippen molar-refractivity contribution in [1.82, 2.24) is 10.2 Å². The average Bonchev–Trinajstić information content (AvgIpc) is 3.07. The summed E-state index contributed by atoms with van der Waals surface area (Å²) in [6.07, 6.45) is 1.58. The van der Waals surface area contributed by atoms with E-state index in [-0.39, 0.29) is 12.5 Å². The summed E-state index contributed by atoms with van der Waals surface area (Å²) in [5.74, 6) is -0.651. The number of piperidine rings is 1. The van der Waals surface area contributed by atoms with Gasteiger partial charge in [0.25, 0.3) is 11.7 Å². The van der Waals surface area contributed by atoms with Crippen LogP contribution in [0.1, 0.15) is 22.5 Å². The number of likely N-dealkylation sites (tertiary alicyclic amines) is 1. The minimum Gasteiger partial charge on any atom is -0.375 e. The lowest BCUT2D eigenvalue weighted by molar-refractivity contribution is -0.128. The number of hydrogen-bond donors (Lipinski definition) is 1. The Morgan fingerprint density at radius 3 is 2.68 bits per heavy atom. The van der Waals surface area contributed by atoms with Crippen LogP contribution in [0.3, 0.4) is 0 Å². The fraction of sp³-hybridized carbons (Fsp3) is 0.533. The SMILES string of the molecule is COCC(=O)NCC1CCN(C(=O)C(=O)c2cccs2)CC1. The van der Waals surface area contributed by atoms with Crippen LogP contribution in [0.25, 0.3) is 0 Å². The van der Waals surface area contributed by atoms with E-state index in [0.29, 0.717) is 30.4 Å². The first-order valence-electron chi connectivity index (χ1n) is 7.24. The first-order chi connectivity index (χ1) is 10.6. The van der Waals surface area contributed by atoms with E-state index in [1.807, 2.05) is 0 Å². The number of thiophene rings is 1. The quantitative estimate of drug-likeness (QED) is 0.624. The number of nitrogens with one attached hydrogen (secondary N) is 1. The molecule has 1 aliphatic heterocycles. The van der Waals surface area contributed by atoms with Gasteiger partial charge in [0.2, 0.25) is 5.91 Å². The summed E-state index contributed by atoms with van der Waals surface area (Å²) >= 11 is 1.28. The molecule has 0 radical (unpaired) electrons. The molecule has 2 heterocycles. The Labute approximate surface area is 133 Å². The maximum atomic E-state index is 12.2. The molecule has 7 heteroatoms. The first-order valence-corrected chi connectivity index (χ1v) is 8.12. The second-order valence-electron chi connectivity index (χ2n) is 5.28. The fourth-order valence-electron chi connectivity index (χ4n) is 2.44. The number of carbonyl (C=O) groups excluding carboxylic acids is 3. The monoisotopic (exact) mass is 324 g/mol. The van der Waals surface area contributed by atoms with Crippen molar-refractivity contribution in [3.8, 4) is 0 Å². The Morgan fingerprint density at radius 1 is 1.36 bits per heavy atom. The summed E-state index contributed by atoms with van der Waals surface area (Å²) in [4.78, 5) is 37.6. The normalized spacial score (nSPS) is 15.6. The van der Waals surface area contributed by atoms with Crippen LogP contribution in [0.5, 0.6) is 0 Å². The molecule has 1 aromatic rings. The average molecular weight is 324 g/mol. The topological polar surface area (TPSA) is 75.7 Å². The standard InChI is InChI=1S/C15H20N2O4S/c1-21-10-13(18)16-9-11-4-6-17(7-5-11)15(20)14(19)12-3-2-8-22-12/h2-3,8,11H,4-7,9-10H2,1H3,(H,16,18). The van der Waals surface area contributed by atoms with Crippen LogP contribution in [0.2, 0.25) is 0 Å². The number of amides is 2. The number of hydrogen-bond acceptors (Lipinski definition) is 5. The summed E-state index contributed by atoms with van der Waals surface area (Å²) in [5, 5.41) is 4.60. The lowest BCUT2D eigenvalue weighted by atomic mass is 9.96. The molecule has 120 valence electrons. The third-order valence-electron chi connectivity index (χ3n) is 3.70. The molecule has 0 saturated carbocycles. The maximum Gasteiger partial charge on any atom is 0.295 e. The molecule has 1 fully saturated rings. The van der Waals surface area contributed by atoms with Crippen molar-refractivity contribution in [1.29, 1.82) is 0 Å². The van der Waals surface area contributed by atoms with Crippen LogP contribution in [-0.2, 0) is 14.3 Å². The van der Waals surface area contributed by atoms with E-state index >= 15 is 0 Å². The van der Waals surface area contributed by atoms with E-state index in [4.69, 9.17) is 4.74 Å². The molecule has 1 aliphatic rings. The van der Waals surface area contributed by atoms with Crippen LogP contribution >= 0.6 is 11.3 Å². The lowest BCUT2D eigenvalue weighted by Gasteiger charge is -2.31. The van der Waals surface area contributed by atoms with Crippen molar-refractivity contribution in [3.63, 3.8) is 0 Å². The van der Waals surface area contributed by atoms with E-state index in [9.17, 15) is 14.4 Å². The zero-order valence-electron chi connectivity index (χ0n) is 12.5. The Balaban J connectivity index is 1.76. The van der Waals surface area contributed by atoms with Gasteiger partial charge in [-0.15, -0.1) is 11.3 Å². The molecule has 2 amide bonds. The first kappa shape index (κ1) is 16.6. The number of nitrogens with zero attached hydrogens (tertiary/aromatic N) is 1. The molecule has 1 N–H and O–H groups in total. The number of carbonyl (C=O) groups is 3. The zero-order chi connectivity index (χ0) is 15.9. The highest BCUT2D eigenvalue weighted by Crippen LogP contribution is 2.18. The largest absolute Gasteiger partial charge is 0.375 e. The molecule has 2 rings (SSSR count). The van der Waals surface area contributed by atoms with E-state index in [0.717, 1.165) is 12.8 Å². The van der Waals surface area contributed by atoms with E-state index in [2.05, 4.69) is 5.32 Å².